The van der Waals surface area contributed by atoms with Crippen LogP contribution in [0, 0.1) is 6.92 Å². The van der Waals surface area contributed by atoms with Gasteiger partial charge in [-0.25, -0.2) is 0 Å². The Hall–Kier alpha value is -1.82. The van der Waals surface area contributed by atoms with Gasteiger partial charge in [0.15, 0.2) is 0 Å². The summed E-state index contributed by atoms with van der Waals surface area (Å²) in [6.45, 7) is 8.03. The second-order valence-corrected chi connectivity index (χ2v) is 3.92. The topological polar surface area (TPSA) is 0 Å². The number of allylic oxidation sites excluding steroid dienone is 1. The van der Waals surface area contributed by atoms with Crippen LogP contribution in [0.15, 0.2) is 43.0 Å². The summed E-state index contributed by atoms with van der Waals surface area (Å²) >= 11 is 0. The molecule has 0 atom stereocenters. The molecule has 0 fully saturated rings. The number of hydrogen-bond donors (Lipinski definition) is 0. The molecule has 80 valence electrons. The molecule has 0 spiro atoms. The van der Waals surface area contributed by atoms with Gasteiger partial charge < -0.3 is 0 Å². The highest BCUT2D eigenvalue weighted by Gasteiger charge is 1.98. The van der Waals surface area contributed by atoms with E-state index >= 15 is 0 Å². The van der Waals surface area contributed by atoms with Crippen LogP contribution >= 0.6 is 0 Å². The lowest BCUT2D eigenvalue weighted by Gasteiger charge is -2.04. The van der Waals surface area contributed by atoms with Gasteiger partial charge in [-0.2, -0.15) is 0 Å². The Morgan fingerprint density at radius 2 is 1.94 bits per heavy atom. The lowest BCUT2D eigenvalue weighted by atomic mass is 10.0. The highest BCUT2D eigenvalue weighted by Crippen LogP contribution is 2.12. The molecule has 2 rings (SSSR count). The molecule has 0 saturated carbocycles. The maximum atomic E-state index is 3.77. The first-order valence-corrected chi connectivity index (χ1v) is 5.55. The first kappa shape index (κ1) is 10.7. The van der Waals surface area contributed by atoms with Crippen LogP contribution in [0.2, 0.25) is 0 Å². The third kappa shape index (κ3) is 1.67. The molecule has 2 aromatic carbocycles. The standard InChI is InChI=1S/C16H16/c1-4-8-13-11-14-9-6-7-10-16(14)12(3)15(13)5-2/h4-11H,1H2,2-3H3/b13-8-,15-5-. The molecule has 0 N–H and O–H groups in total. The van der Waals surface area contributed by atoms with Gasteiger partial charge in [0.1, 0.15) is 0 Å². The Morgan fingerprint density at radius 1 is 1.19 bits per heavy atom. The summed E-state index contributed by atoms with van der Waals surface area (Å²) in [5, 5.41) is 5.17. The maximum Gasteiger partial charge on any atom is -0.0148 e. The van der Waals surface area contributed by atoms with Crippen molar-refractivity contribution in [3.8, 4) is 0 Å². The van der Waals surface area contributed by atoms with E-state index < -0.39 is 0 Å². The second-order valence-electron chi connectivity index (χ2n) is 3.92. The van der Waals surface area contributed by atoms with Crippen LogP contribution in [0.4, 0.5) is 0 Å². The average molecular weight is 208 g/mol. The number of fused-ring (bicyclic) bond motifs is 1. The number of hydrogen-bond acceptors (Lipinski definition) is 0. The van der Waals surface area contributed by atoms with Gasteiger partial charge in [-0.05, 0) is 46.7 Å². The molecule has 0 unspecified atom stereocenters. The summed E-state index contributed by atoms with van der Waals surface area (Å²) in [5.41, 5.74) is 1.34. The molecule has 0 aliphatic carbocycles. The van der Waals surface area contributed by atoms with Crippen LogP contribution in [0.25, 0.3) is 22.9 Å². The van der Waals surface area contributed by atoms with E-state index in [2.05, 4.69) is 62.9 Å². The van der Waals surface area contributed by atoms with Crippen molar-refractivity contribution >= 4 is 22.9 Å². The van der Waals surface area contributed by atoms with E-state index in [-0.39, 0.29) is 0 Å². The molecule has 2 aromatic rings. The number of benzene rings is 2. The summed E-state index contributed by atoms with van der Waals surface area (Å²) in [7, 11) is 0. The molecule has 0 aromatic heterocycles. The molecule has 0 bridgehead atoms. The molecule has 0 nitrogen and oxygen atoms in total. The highest BCUT2D eigenvalue weighted by atomic mass is 14.0. The van der Waals surface area contributed by atoms with Gasteiger partial charge in [0.05, 0.1) is 0 Å². The minimum atomic E-state index is 1.24. The molecule has 0 saturated heterocycles. The van der Waals surface area contributed by atoms with Crippen molar-refractivity contribution < 1.29 is 0 Å². The fourth-order valence-corrected chi connectivity index (χ4v) is 2.22. The lowest BCUT2D eigenvalue weighted by Crippen LogP contribution is -2.26. The van der Waals surface area contributed by atoms with Crippen molar-refractivity contribution in [2.45, 2.75) is 13.8 Å². The molecule has 0 heteroatoms. The van der Waals surface area contributed by atoms with E-state index in [4.69, 9.17) is 0 Å². The third-order valence-corrected chi connectivity index (χ3v) is 2.98. The molecule has 0 radical (unpaired) electrons. The Bertz CT molecular complexity index is 646. The number of rotatable bonds is 1. The van der Waals surface area contributed by atoms with Crippen molar-refractivity contribution in [1.29, 1.82) is 0 Å². The zero-order valence-electron chi connectivity index (χ0n) is 9.83. The van der Waals surface area contributed by atoms with Crippen LogP contribution in [0.5, 0.6) is 0 Å². The van der Waals surface area contributed by atoms with Crippen LogP contribution in [-0.2, 0) is 0 Å². The summed E-state index contributed by atoms with van der Waals surface area (Å²) in [5.74, 6) is 0. The first-order chi connectivity index (χ1) is 7.77. The summed E-state index contributed by atoms with van der Waals surface area (Å²) < 4.78 is 0. The fourth-order valence-electron chi connectivity index (χ4n) is 2.22. The van der Waals surface area contributed by atoms with Crippen molar-refractivity contribution in [1.82, 2.24) is 0 Å². The van der Waals surface area contributed by atoms with Crippen LogP contribution in [0.1, 0.15) is 12.5 Å². The van der Waals surface area contributed by atoms with Gasteiger partial charge in [0.2, 0.25) is 0 Å². The largest absolute Gasteiger partial charge is 0.0990 e. The Balaban J connectivity index is 3.05. The van der Waals surface area contributed by atoms with E-state index in [9.17, 15) is 0 Å². The van der Waals surface area contributed by atoms with Gasteiger partial charge in [-0.1, -0.05) is 49.1 Å². The first-order valence-electron chi connectivity index (χ1n) is 5.55. The zero-order chi connectivity index (χ0) is 11.5. The molecule has 0 heterocycles. The van der Waals surface area contributed by atoms with Crippen LogP contribution in [0.3, 0.4) is 0 Å². The van der Waals surface area contributed by atoms with Crippen molar-refractivity contribution in [2.75, 3.05) is 0 Å². The van der Waals surface area contributed by atoms with Gasteiger partial charge in [-0.15, -0.1) is 0 Å². The summed E-state index contributed by atoms with van der Waals surface area (Å²) in [6, 6.07) is 10.7. The molecule has 0 aliphatic rings. The predicted molar refractivity (Wildman–Crippen MR) is 72.7 cm³/mol. The lowest BCUT2D eigenvalue weighted by molar-refractivity contribution is 1.41. The SMILES string of the molecule is C=C/C=c1/cc2ccccc2c(C)/c1=C/C. The minimum Gasteiger partial charge on any atom is -0.0990 e. The van der Waals surface area contributed by atoms with E-state index in [1.807, 2.05) is 6.08 Å². The van der Waals surface area contributed by atoms with E-state index in [1.165, 1.54) is 26.8 Å². The Kier molecular flexibility index (Phi) is 2.91. The Morgan fingerprint density at radius 3 is 2.62 bits per heavy atom. The minimum absolute atomic E-state index is 1.24. The fraction of sp³-hybridized carbons (Fsp3) is 0.125. The van der Waals surface area contributed by atoms with Gasteiger partial charge in [0, 0.05) is 0 Å². The number of aryl methyl sites for hydroxylation is 1. The van der Waals surface area contributed by atoms with Crippen LogP contribution < -0.4 is 10.4 Å². The highest BCUT2D eigenvalue weighted by molar-refractivity contribution is 5.86. The predicted octanol–water partition coefficient (Wildman–Crippen LogP) is 2.92. The average Bonchev–Trinajstić information content (AvgIpc) is 2.30. The van der Waals surface area contributed by atoms with Crippen LogP contribution in [-0.4, -0.2) is 0 Å². The smallest absolute Gasteiger partial charge is 0.0148 e. The monoisotopic (exact) mass is 208 g/mol. The summed E-state index contributed by atoms with van der Waals surface area (Å²) in [4.78, 5) is 0. The van der Waals surface area contributed by atoms with Crippen molar-refractivity contribution in [2.24, 2.45) is 0 Å². The van der Waals surface area contributed by atoms with Gasteiger partial charge in [0.25, 0.3) is 0 Å². The molecule has 0 aliphatic heterocycles. The normalized spacial score (nSPS) is 13.4. The van der Waals surface area contributed by atoms with Gasteiger partial charge in [-0.3, -0.25) is 0 Å². The third-order valence-electron chi connectivity index (χ3n) is 2.98. The quantitative estimate of drug-likeness (QED) is 0.676. The molecular weight excluding hydrogens is 192 g/mol. The van der Waals surface area contributed by atoms with Gasteiger partial charge >= 0.3 is 0 Å². The zero-order valence-corrected chi connectivity index (χ0v) is 9.83. The van der Waals surface area contributed by atoms with E-state index in [1.54, 1.807) is 0 Å². The summed E-state index contributed by atoms with van der Waals surface area (Å²) in [6.07, 6.45) is 6.07. The molecule has 16 heavy (non-hydrogen) atoms. The molecular formula is C16H16. The van der Waals surface area contributed by atoms with E-state index in [0.29, 0.717) is 0 Å². The van der Waals surface area contributed by atoms with Crippen molar-refractivity contribution in [3.63, 3.8) is 0 Å². The van der Waals surface area contributed by atoms with Crippen molar-refractivity contribution in [3.05, 3.63) is 59.0 Å². The maximum absolute atomic E-state index is 3.77. The second kappa shape index (κ2) is 4.36. The Labute approximate surface area is 96.2 Å². The molecule has 0 amide bonds. The van der Waals surface area contributed by atoms with E-state index in [0.717, 1.165) is 0 Å².